The molecular formula is C17H23N3S. The predicted molar refractivity (Wildman–Crippen MR) is 88.9 cm³/mol. The number of aryl methyl sites for hydroxylation is 3. The molecule has 0 saturated heterocycles. The van der Waals surface area contributed by atoms with Gasteiger partial charge in [0.25, 0.3) is 0 Å². The summed E-state index contributed by atoms with van der Waals surface area (Å²) in [6, 6.07) is 6.79. The van der Waals surface area contributed by atoms with Crippen molar-refractivity contribution in [2.24, 2.45) is 0 Å². The highest BCUT2D eigenvalue weighted by Crippen LogP contribution is 2.29. The minimum atomic E-state index is 1.03. The molecule has 0 radical (unpaired) electrons. The quantitative estimate of drug-likeness (QED) is 0.794. The van der Waals surface area contributed by atoms with Crippen molar-refractivity contribution in [2.75, 3.05) is 13.1 Å². The molecule has 112 valence electrons. The monoisotopic (exact) mass is 301 g/mol. The minimum absolute atomic E-state index is 1.03. The summed E-state index contributed by atoms with van der Waals surface area (Å²) in [4.78, 5) is 0. The van der Waals surface area contributed by atoms with E-state index in [1.54, 1.807) is 11.3 Å². The molecule has 21 heavy (non-hydrogen) atoms. The Hall–Kier alpha value is -1.26. The molecule has 3 nitrogen and oxygen atoms in total. The van der Waals surface area contributed by atoms with Gasteiger partial charge in [-0.25, -0.2) is 0 Å². The zero-order valence-electron chi connectivity index (χ0n) is 12.7. The van der Waals surface area contributed by atoms with Crippen LogP contribution in [0.25, 0.3) is 10.6 Å². The molecule has 0 bridgehead atoms. The lowest BCUT2D eigenvalue weighted by Crippen LogP contribution is -2.16. The van der Waals surface area contributed by atoms with E-state index in [0.717, 1.165) is 35.9 Å². The van der Waals surface area contributed by atoms with Crippen molar-refractivity contribution >= 4 is 11.3 Å². The number of aromatic nitrogens is 2. The third-order valence-corrected chi connectivity index (χ3v) is 5.02. The lowest BCUT2D eigenvalue weighted by molar-refractivity contribution is 0.637. The fourth-order valence-electron chi connectivity index (χ4n) is 2.84. The summed E-state index contributed by atoms with van der Waals surface area (Å²) in [5, 5.41) is 14.4. The highest BCUT2D eigenvalue weighted by molar-refractivity contribution is 7.14. The van der Waals surface area contributed by atoms with Gasteiger partial charge in [0.15, 0.2) is 0 Å². The van der Waals surface area contributed by atoms with Gasteiger partial charge in [0, 0.05) is 12.0 Å². The fourth-order valence-corrected chi connectivity index (χ4v) is 3.72. The summed E-state index contributed by atoms with van der Waals surface area (Å²) in [5.74, 6) is 0. The van der Waals surface area contributed by atoms with Gasteiger partial charge in [0.05, 0.1) is 0 Å². The van der Waals surface area contributed by atoms with Gasteiger partial charge in [-0.15, -0.1) is 10.2 Å². The van der Waals surface area contributed by atoms with Gasteiger partial charge in [-0.2, -0.15) is 0 Å². The summed E-state index contributed by atoms with van der Waals surface area (Å²) in [6.07, 6.45) is 7.12. The molecule has 0 unspecified atom stereocenters. The zero-order chi connectivity index (χ0) is 14.5. The molecule has 1 aromatic carbocycles. The van der Waals surface area contributed by atoms with Crippen molar-refractivity contribution in [2.45, 2.75) is 45.4 Å². The van der Waals surface area contributed by atoms with Gasteiger partial charge >= 0.3 is 0 Å². The molecule has 1 N–H and O–H groups in total. The average molecular weight is 301 g/mol. The molecule has 1 aliphatic rings. The van der Waals surface area contributed by atoms with E-state index in [4.69, 9.17) is 0 Å². The van der Waals surface area contributed by atoms with Crippen molar-refractivity contribution in [3.8, 4) is 10.6 Å². The highest BCUT2D eigenvalue weighted by Gasteiger charge is 2.13. The number of fused-ring (bicyclic) bond motifs is 1. The highest BCUT2D eigenvalue weighted by atomic mass is 32.1. The Kier molecular flexibility index (Phi) is 4.99. The van der Waals surface area contributed by atoms with E-state index in [0.29, 0.717) is 0 Å². The molecule has 1 aromatic heterocycles. The molecule has 3 rings (SSSR count). The molecule has 0 fully saturated rings. The molecular weight excluding hydrogens is 278 g/mol. The first-order chi connectivity index (χ1) is 10.4. The van der Waals surface area contributed by atoms with E-state index in [1.165, 1.54) is 42.4 Å². The number of benzene rings is 1. The molecule has 0 amide bonds. The number of hydrogen-bond acceptors (Lipinski definition) is 4. The van der Waals surface area contributed by atoms with Gasteiger partial charge in [0.2, 0.25) is 0 Å². The van der Waals surface area contributed by atoms with Crippen LogP contribution in [-0.4, -0.2) is 23.3 Å². The normalized spacial score (nSPS) is 13.6. The summed E-state index contributed by atoms with van der Waals surface area (Å²) in [5.41, 5.74) is 4.27. The maximum atomic E-state index is 4.38. The van der Waals surface area contributed by atoms with Crippen LogP contribution in [0.15, 0.2) is 18.2 Å². The maximum Gasteiger partial charge on any atom is 0.147 e. The van der Waals surface area contributed by atoms with Crippen LogP contribution in [0, 0.1) is 0 Å². The van der Waals surface area contributed by atoms with E-state index in [9.17, 15) is 0 Å². The molecule has 1 heterocycles. The fraction of sp³-hybridized carbons (Fsp3) is 0.529. The topological polar surface area (TPSA) is 37.8 Å². The van der Waals surface area contributed by atoms with Crippen LogP contribution in [0.5, 0.6) is 0 Å². The smallest absolute Gasteiger partial charge is 0.147 e. The lowest BCUT2D eigenvalue weighted by Gasteiger charge is -2.01. The molecule has 2 aromatic rings. The standard InChI is InChI=1S/C17H23N3S/c1-2-10-18-11-4-7-16-19-20-17(21-16)15-9-8-13-5-3-6-14(13)12-15/h8-9,12,18H,2-7,10-11H2,1H3. The number of rotatable bonds is 7. The number of nitrogens with one attached hydrogen (secondary N) is 1. The Balaban J connectivity index is 1.59. The van der Waals surface area contributed by atoms with Gasteiger partial charge < -0.3 is 5.32 Å². The summed E-state index contributed by atoms with van der Waals surface area (Å²) in [6.45, 7) is 4.37. The van der Waals surface area contributed by atoms with Crippen molar-refractivity contribution in [1.29, 1.82) is 0 Å². The van der Waals surface area contributed by atoms with Crippen LogP contribution in [0.1, 0.15) is 42.3 Å². The van der Waals surface area contributed by atoms with Crippen molar-refractivity contribution in [3.63, 3.8) is 0 Å². The first-order valence-corrected chi connectivity index (χ1v) is 8.83. The molecule has 1 aliphatic carbocycles. The largest absolute Gasteiger partial charge is 0.317 e. The van der Waals surface area contributed by atoms with E-state index in [1.807, 2.05) is 0 Å². The second-order valence-corrected chi connectivity index (χ2v) is 6.75. The third kappa shape index (κ3) is 3.69. The van der Waals surface area contributed by atoms with Crippen molar-refractivity contribution < 1.29 is 0 Å². The first-order valence-electron chi connectivity index (χ1n) is 8.02. The van der Waals surface area contributed by atoms with E-state index in [2.05, 4.69) is 40.6 Å². The van der Waals surface area contributed by atoms with Gasteiger partial charge in [-0.05, 0) is 62.4 Å². The van der Waals surface area contributed by atoms with Crippen LogP contribution < -0.4 is 5.32 Å². The summed E-state index contributed by atoms with van der Waals surface area (Å²) in [7, 11) is 0. The van der Waals surface area contributed by atoms with Gasteiger partial charge in [-0.1, -0.05) is 30.4 Å². The van der Waals surface area contributed by atoms with Crippen LogP contribution in [0.4, 0.5) is 0 Å². The minimum Gasteiger partial charge on any atom is -0.317 e. The Morgan fingerprint density at radius 3 is 2.95 bits per heavy atom. The molecule has 0 aliphatic heterocycles. The van der Waals surface area contributed by atoms with Crippen LogP contribution >= 0.6 is 11.3 Å². The second kappa shape index (κ2) is 7.14. The Labute approximate surface area is 130 Å². The Morgan fingerprint density at radius 2 is 2.05 bits per heavy atom. The lowest BCUT2D eigenvalue weighted by atomic mass is 10.1. The molecule has 0 atom stereocenters. The molecule has 0 spiro atoms. The molecule has 4 heteroatoms. The van der Waals surface area contributed by atoms with Crippen molar-refractivity contribution in [1.82, 2.24) is 15.5 Å². The SMILES string of the molecule is CCCNCCCc1nnc(-c2ccc3c(c2)CCC3)s1. The van der Waals surface area contributed by atoms with Gasteiger partial charge in [-0.3, -0.25) is 0 Å². The van der Waals surface area contributed by atoms with Crippen LogP contribution in [-0.2, 0) is 19.3 Å². The van der Waals surface area contributed by atoms with Crippen LogP contribution in [0.3, 0.4) is 0 Å². The Morgan fingerprint density at radius 1 is 1.14 bits per heavy atom. The number of hydrogen-bond donors (Lipinski definition) is 1. The van der Waals surface area contributed by atoms with E-state index in [-0.39, 0.29) is 0 Å². The van der Waals surface area contributed by atoms with E-state index < -0.39 is 0 Å². The summed E-state index contributed by atoms with van der Waals surface area (Å²) >= 11 is 1.75. The predicted octanol–water partition coefficient (Wildman–Crippen LogP) is 3.63. The number of nitrogens with zero attached hydrogens (tertiary/aromatic N) is 2. The van der Waals surface area contributed by atoms with E-state index >= 15 is 0 Å². The Bertz CT molecular complexity index is 591. The van der Waals surface area contributed by atoms with Crippen LogP contribution in [0.2, 0.25) is 0 Å². The third-order valence-electron chi connectivity index (χ3n) is 3.98. The summed E-state index contributed by atoms with van der Waals surface area (Å²) < 4.78 is 0. The van der Waals surface area contributed by atoms with Crippen molar-refractivity contribution in [3.05, 3.63) is 34.3 Å². The molecule has 0 saturated carbocycles. The average Bonchev–Trinajstić information content (AvgIpc) is 3.15. The van der Waals surface area contributed by atoms with Gasteiger partial charge in [0.1, 0.15) is 10.0 Å². The maximum absolute atomic E-state index is 4.38. The first kappa shape index (κ1) is 14.7. The zero-order valence-corrected chi connectivity index (χ0v) is 13.5. The second-order valence-electron chi connectivity index (χ2n) is 5.69.